The van der Waals surface area contributed by atoms with Gasteiger partial charge in [-0.05, 0) is 0 Å². The van der Waals surface area contributed by atoms with E-state index in [4.69, 9.17) is 59.4 Å². The fraction of sp³-hybridized carbons (Fsp3) is 0. The van der Waals surface area contributed by atoms with Crippen LogP contribution in [0.4, 0.5) is 0 Å². The second kappa shape index (κ2) is 20.8. The van der Waals surface area contributed by atoms with E-state index in [1.165, 1.54) is 0 Å². The Labute approximate surface area is 152 Å². The molecule has 0 unspecified atom stereocenters. The van der Waals surface area contributed by atoms with E-state index in [1.54, 1.807) is 0 Å². The van der Waals surface area contributed by atoms with Gasteiger partial charge >= 0.3 is 35.8 Å². The molecule has 8 N–H and O–H groups in total. The summed E-state index contributed by atoms with van der Waals surface area (Å²) in [5.41, 5.74) is 0. The van der Waals surface area contributed by atoms with Crippen molar-refractivity contribution in [3.8, 4) is 0 Å². The van der Waals surface area contributed by atoms with Crippen LogP contribution in [-0.2, 0) is 80.5 Å². The Balaban J connectivity index is -0.0000000375. The quantitative estimate of drug-likeness (QED) is 0.226. The Kier molecular flexibility index (Phi) is 36.3. The standard InChI is InChI=1S/3C2H2O4.H2O.2Sc/c3*3-1(4)2(5)6;;;/h3*(H,3,4)(H,5,6);1H2;;. The number of hydrogen-bond donors (Lipinski definition) is 6. The molecule has 0 aliphatic heterocycles. The predicted molar refractivity (Wildman–Crippen MR) is 49.4 cm³/mol. The minimum atomic E-state index is -1.82. The van der Waals surface area contributed by atoms with Crippen LogP contribution >= 0.6 is 0 Å². The first kappa shape index (κ1) is 36.6. The molecular formula is C6H8O13Sc2. The Morgan fingerprint density at radius 1 is 0.381 bits per heavy atom. The SMILES string of the molecule is O.O=C(O)C(=O)O.O=C(O)C(=O)O.O=C(O)C(=O)O.[Sc].[Sc]. The molecule has 0 aromatic rings. The van der Waals surface area contributed by atoms with Crippen LogP contribution in [0.2, 0.25) is 0 Å². The van der Waals surface area contributed by atoms with Gasteiger partial charge in [0.2, 0.25) is 0 Å². The normalized spacial score (nSPS) is 6.29. The molecule has 0 spiro atoms. The van der Waals surface area contributed by atoms with E-state index >= 15 is 0 Å². The average molecular weight is 378 g/mol. The van der Waals surface area contributed by atoms with E-state index < -0.39 is 35.8 Å². The molecule has 0 saturated heterocycles. The van der Waals surface area contributed by atoms with Gasteiger partial charge in [-0.2, -0.15) is 0 Å². The van der Waals surface area contributed by atoms with Crippen molar-refractivity contribution in [2.75, 3.05) is 0 Å². The van der Waals surface area contributed by atoms with Gasteiger partial charge in [0.25, 0.3) is 0 Å². The fourth-order valence-electron chi connectivity index (χ4n) is 0. The molecule has 0 bridgehead atoms. The van der Waals surface area contributed by atoms with Crippen molar-refractivity contribution in [3.63, 3.8) is 0 Å². The third-order valence-electron chi connectivity index (χ3n) is 0.549. The third kappa shape index (κ3) is 45.7. The number of hydrogen-bond acceptors (Lipinski definition) is 6. The molecule has 0 saturated carbocycles. The average Bonchev–Trinajstić information content (AvgIpc) is 2.18. The van der Waals surface area contributed by atoms with Gasteiger partial charge in [-0.3, -0.25) is 0 Å². The number of aliphatic carboxylic acids is 6. The first-order valence-corrected chi connectivity index (χ1v) is 3.32. The molecule has 0 amide bonds. The maximum Gasteiger partial charge on any atom is 0.414 e. The molecule has 21 heavy (non-hydrogen) atoms. The molecule has 0 aromatic carbocycles. The minimum absolute atomic E-state index is 0. The van der Waals surface area contributed by atoms with Crippen LogP contribution in [0.1, 0.15) is 0 Å². The molecule has 15 heteroatoms. The maximum atomic E-state index is 9.10. The Morgan fingerprint density at radius 3 is 0.429 bits per heavy atom. The summed E-state index contributed by atoms with van der Waals surface area (Å²) < 4.78 is 0. The summed E-state index contributed by atoms with van der Waals surface area (Å²) in [4.78, 5) is 54.6. The van der Waals surface area contributed by atoms with Crippen LogP contribution in [-0.4, -0.2) is 71.9 Å². The van der Waals surface area contributed by atoms with Crippen LogP contribution < -0.4 is 0 Å². The first-order valence-electron chi connectivity index (χ1n) is 3.32. The maximum absolute atomic E-state index is 9.10. The summed E-state index contributed by atoms with van der Waals surface area (Å²) >= 11 is 0. The molecule has 0 heterocycles. The van der Waals surface area contributed by atoms with Gasteiger partial charge in [0, 0.05) is 51.7 Å². The largest absolute Gasteiger partial charge is 0.473 e. The number of carbonyl (C=O) groups is 6. The molecule has 2 radical (unpaired) electrons. The number of carboxylic acids is 6. The summed E-state index contributed by atoms with van der Waals surface area (Å²) in [7, 11) is 0. The zero-order chi connectivity index (χ0) is 15.5. The van der Waals surface area contributed by atoms with Gasteiger partial charge in [0.15, 0.2) is 0 Å². The molecule has 0 fully saturated rings. The molecule has 0 aliphatic carbocycles. The summed E-state index contributed by atoms with van der Waals surface area (Å²) in [5.74, 6) is -10.9. The molecule has 116 valence electrons. The molecule has 0 rings (SSSR count). The van der Waals surface area contributed by atoms with E-state index in [0.717, 1.165) is 0 Å². The monoisotopic (exact) mass is 378 g/mol. The second-order valence-electron chi connectivity index (χ2n) is 1.83. The van der Waals surface area contributed by atoms with E-state index in [1.807, 2.05) is 0 Å². The van der Waals surface area contributed by atoms with Crippen LogP contribution in [0.5, 0.6) is 0 Å². The second-order valence-corrected chi connectivity index (χ2v) is 1.83. The van der Waals surface area contributed by atoms with Crippen LogP contribution in [0.25, 0.3) is 0 Å². The van der Waals surface area contributed by atoms with Crippen molar-refractivity contribution in [1.82, 2.24) is 0 Å². The zero-order valence-electron chi connectivity index (χ0n) is 9.79. The van der Waals surface area contributed by atoms with E-state index in [0.29, 0.717) is 0 Å². The van der Waals surface area contributed by atoms with Crippen molar-refractivity contribution in [1.29, 1.82) is 0 Å². The van der Waals surface area contributed by atoms with E-state index in [2.05, 4.69) is 0 Å². The summed E-state index contributed by atoms with van der Waals surface area (Å²) in [5, 5.41) is 44.3. The molecule has 0 aliphatic rings. The van der Waals surface area contributed by atoms with E-state index in [-0.39, 0.29) is 57.2 Å². The van der Waals surface area contributed by atoms with Crippen LogP contribution in [0, 0.1) is 0 Å². The number of rotatable bonds is 0. The smallest absolute Gasteiger partial charge is 0.414 e. The topological polar surface area (TPSA) is 255 Å². The Morgan fingerprint density at radius 2 is 0.429 bits per heavy atom. The Bertz CT molecular complexity index is 282. The van der Waals surface area contributed by atoms with Crippen molar-refractivity contribution >= 4 is 35.8 Å². The summed E-state index contributed by atoms with van der Waals surface area (Å²) in [6.07, 6.45) is 0. The van der Waals surface area contributed by atoms with Gasteiger partial charge in [-0.15, -0.1) is 0 Å². The summed E-state index contributed by atoms with van der Waals surface area (Å²) in [6, 6.07) is 0. The molecule has 13 nitrogen and oxygen atoms in total. The predicted octanol–water partition coefficient (Wildman–Crippen LogP) is -3.36. The van der Waals surface area contributed by atoms with Crippen molar-refractivity contribution in [3.05, 3.63) is 0 Å². The van der Waals surface area contributed by atoms with Crippen molar-refractivity contribution in [2.24, 2.45) is 0 Å². The Hall–Kier alpha value is -1.48. The van der Waals surface area contributed by atoms with Gasteiger partial charge in [-0.25, -0.2) is 28.8 Å². The van der Waals surface area contributed by atoms with Gasteiger partial charge in [0.1, 0.15) is 0 Å². The zero-order valence-corrected chi connectivity index (χ0v) is 13.4. The summed E-state index contributed by atoms with van der Waals surface area (Å²) in [6.45, 7) is 0. The van der Waals surface area contributed by atoms with Crippen molar-refractivity contribution < 1.29 is 117 Å². The molecular weight excluding hydrogens is 370 g/mol. The first-order chi connectivity index (χ1) is 7.93. The molecule has 0 atom stereocenters. The van der Waals surface area contributed by atoms with Gasteiger partial charge in [0.05, 0.1) is 0 Å². The van der Waals surface area contributed by atoms with Gasteiger partial charge < -0.3 is 36.1 Å². The van der Waals surface area contributed by atoms with E-state index in [9.17, 15) is 0 Å². The van der Waals surface area contributed by atoms with Crippen molar-refractivity contribution in [2.45, 2.75) is 0 Å². The van der Waals surface area contributed by atoms with Crippen LogP contribution in [0.15, 0.2) is 0 Å². The van der Waals surface area contributed by atoms with Crippen LogP contribution in [0.3, 0.4) is 0 Å². The minimum Gasteiger partial charge on any atom is -0.473 e. The fourth-order valence-corrected chi connectivity index (χ4v) is 0. The third-order valence-corrected chi connectivity index (χ3v) is 0.549. The van der Waals surface area contributed by atoms with Gasteiger partial charge in [-0.1, -0.05) is 0 Å². The molecule has 0 aromatic heterocycles. The number of carboxylic acid groups (broad SMARTS) is 6.